The molecule has 0 N–H and O–H groups in total. The van der Waals surface area contributed by atoms with Crippen molar-refractivity contribution in [3.05, 3.63) is 194 Å². The van der Waals surface area contributed by atoms with Crippen molar-refractivity contribution >= 4 is 65.0 Å². The van der Waals surface area contributed by atoms with Gasteiger partial charge in [-0.05, 0) is 118 Å². The Bertz CT molecular complexity index is 3180. The fourth-order valence-corrected chi connectivity index (χ4v) is 8.63. The predicted molar refractivity (Wildman–Crippen MR) is 225 cm³/mol. The van der Waals surface area contributed by atoms with E-state index in [2.05, 4.69) is 182 Å². The Balaban J connectivity index is 1.09. The van der Waals surface area contributed by atoms with Gasteiger partial charge < -0.3 is 4.42 Å². The van der Waals surface area contributed by atoms with E-state index in [-0.39, 0.29) is 0 Å². The first kappa shape index (κ1) is 29.7. The molecule has 0 saturated heterocycles. The molecule has 0 radical (unpaired) electrons. The van der Waals surface area contributed by atoms with E-state index in [1.807, 2.05) is 12.1 Å². The number of fused-ring (bicyclic) bond motifs is 7. The average molecular weight is 673 g/mol. The van der Waals surface area contributed by atoms with Crippen LogP contribution >= 0.6 is 0 Å². The van der Waals surface area contributed by atoms with Crippen LogP contribution in [-0.4, -0.2) is 0 Å². The van der Waals surface area contributed by atoms with Crippen LogP contribution in [0.2, 0.25) is 0 Å². The molecule has 1 nitrogen and oxygen atoms in total. The lowest BCUT2D eigenvalue weighted by Gasteiger charge is -2.19. The highest BCUT2D eigenvalue weighted by Gasteiger charge is 2.18. The summed E-state index contributed by atoms with van der Waals surface area (Å²) in [4.78, 5) is 0. The Morgan fingerprint density at radius 3 is 1.38 bits per heavy atom. The van der Waals surface area contributed by atoms with Crippen molar-refractivity contribution < 1.29 is 4.42 Å². The molecule has 0 aliphatic carbocycles. The van der Waals surface area contributed by atoms with E-state index >= 15 is 0 Å². The molecule has 1 heterocycles. The van der Waals surface area contributed by atoms with E-state index in [1.165, 1.54) is 87.6 Å². The third-order valence-corrected chi connectivity index (χ3v) is 11.0. The third-order valence-electron chi connectivity index (χ3n) is 11.0. The first-order chi connectivity index (χ1) is 26.3. The second-order valence-corrected chi connectivity index (χ2v) is 14.0. The van der Waals surface area contributed by atoms with Gasteiger partial charge in [-0.15, -0.1) is 0 Å². The first-order valence-corrected chi connectivity index (χ1v) is 18.3. The highest BCUT2D eigenvalue weighted by atomic mass is 16.3. The molecule has 0 aliphatic heterocycles. The van der Waals surface area contributed by atoms with Gasteiger partial charge in [0.05, 0.1) is 0 Å². The minimum Gasteiger partial charge on any atom is -0.456 e. The van der Waals surface area contributed by atoms with Gasteiger partial charge in [0.1, 0.15) is 11.2 Å². The molecule has 11 rings (SSSR count). The second kappa shape index (κ2) is 11.8. The summed E-state index contributed by atoms with van der Waals surface area (Å²) in [5.41, 5.74) is 11.7. The lowest BCUT2D eigenvalue weighted by Crippen LogP contribution is -1.91. The Labute approximate surface area is 307 Å². The summed E-state index contributed by atoms with van der Waals surface area (Å²) in [6, 6.07) is 70.7. The maximum atomic E-state index is 6.15. The van der Waals surface area contributed by atoms with Crippen molar-refractivity contribution in [1.82, 2.24) is 0 Å². The SMILES string of the molecule is c1cc(-c2ccc(-c3ccc4oc5ccccc5c4c3)c3ccccc23)cc(-c2c3ccccc3c(-c3ccc4ccccc4c3)c3ccccc23)c1. The smallest absolute Gasteiger partial charge is 0.135 e. The Morgan fingerprint density at radius 2 is 0.717 bits per heavy atom. The highest BCUT2D eigenvalue weighted by Crippen LogP contribution is 2.45. The van der Waals surface area contributed by atoms with Crippen LogP contribution < -0.4 is 0 Å². The summed E-state index contributed by atoms with van der Waals surface area (Å²) < 4.78 is 6.15. The van der Waals surface area contributed by atoms with E-state index in [9.17, 15) is 0 Å². The molecule has 0 saturated carbocycles. The zero-order chi connectivity index (χ0) is 34.9. The van der Waals surface area contributed by atoms with Gasteiger partial charge in [0, 0.05) is 10.8 Å². The molecule has 0 fully saturated rings. The number of rotatable bonds is 4. The van der Waals surface area contributed by atoms with Crippen molar-refractivity contribution in [3.8, 4) is 44.5 Å². The summed E-state index contributed by atoms with van der Waals surface area (Å²) in [6.07, 6.45) is 0. The Morgan fingerprint density at radius 1 is 0.245 bits per heavy atom. The number of benzene rings is 10. The number of furan rings is 1. The van der Waals surface area contributed by atoms with Crippen LogP contribution in [0.15, 0.2) is 199 Å². The Hall–Kier alpha value is -6.96. The molecule has 0 aliphatic rings. The normalized spacial score (nSPS) is 11.8. The van der Waals surface area contributed by atoms with Crippen LogP contribution in [0.5, 0.6) is 0 Å². The van der Waals surface area contributed by atoms with Gasteiger partial charge in [-0.2, -0.15) is 0 Å². The van der Waals surface area contributed by atoms with Gasteiger partial charge >= 0.3 is 0 Å². The fraction of sp³-hybridized carbons (Fsp3) is 0. The molecule has 0 atom stereocenters. The highest BCUT2D eigenvalue weighted by molar-refractivity contribution is 6.22. The minimum atomic E-state index is 0.915. The molecule has 0 spiro atoms. The number of hydrogen-bond acceptors (Lipinski definition) is 1. The lowest BCUT2D eigenvalue weighted by atomic mass is 9.84. The summed E-state index contributed by atoms with van der Waals surface area (Å²) >= 11 is 0. The third kappa shape index (κ3) is 4.71. The standard InChI is InChI=1S/C52H32O/c1-2-13-34-30-38(25-24-33(34)12-1)52-46-21-7-5-19-44(46)51(45-20-6-8-22-47(45)52)37-15-11-14-35(31-37)39-27-28-40(42-17-4-3-16-41(39)42)36-26-29-50-48(32-36)43-18-9-10-23-49(43)53-50/h1-32H. The van der Waals surface area contributed by atoms with Gasteiger partial charge in [-0.1, -0.05) is 164 Å². The van der Waals surface area contributed by atoms with Crippen molar-refractivity contribution in [2.24, 2.45) is 0 Å². The van der Waals surface area contributed by atoms with Gasteiger partial charge in [0.25, 0.3) is 0 Å². The molecule has 246 valence electrons. The molecular weight excluding hydrogens is 641 g/mol. The Kier molecular flexibility index (Phi) is 6.62. The number of para-hydroxylation sites is 1. The van der Waals surface area contributed by atoms with Crippen molar-refractivity contribution in [2.45, 2.75) is 0 Å². The molecule has 11 aromatic rings. The topological polar surface area (TPSA) is 13.1 Å². The van der Waals surface area contributed by atoms with Crippen molar-refractivity contribution in [2.75, 3.05) is 0 Å². The fourth-order valence-electron chi connectivity index (χ4n) is 8.63. The lowest BCUT2D eigenvalue weighted by molar-refractivity contribution is 0.669. The molecule has 1 heteroatoms. The van der Waals surface area contributed by atoms with E-state index in [1.54, 1.807) is 0 Å². The summed E-state index contributed by atoms with van der Waals surface area (Å²) in [5, 5.41) is 12.3. The molecule has 1 aromatic heterocycles. The van der Waals surface area contributed by atoms with Crippen LogP contribution in [0, 0.1) is 0 Å². The quantitative estimate of drug-likeness (QED) is 0.170. The molecule has 0 amide bonds. The molecule has 0 unspecified atom stereocenters. The van der Waals surface area contributed by atoms with Gasteiger partial charge in [0.2, 0.25) is 0 Å². The van der Waals surface area contributed by atoms with Crippen LogP contribution in [0.4, 0.5) is 0 Å². The monoisotopic (exact) mass is 672 g/mol. The summed E-state index contributed by atoms with van der Waals surface area (Å²) in [7, 11) is 0. The number of hydrogen-bond donors (Lipinski definition) is 0. The average Bonchev–Trinajstić information content (AvgIpc) is 3.60. The van der Waals surface area contributed by atoms with Gasteiger partial charge in [0.15, 0.2) is 0 Å². The van der Waals surface area contributed by atoms with Crippen LogP contribution in [-0.2, 0) is 0 Å². The molecule has 10 aromatic carbocycles. The largest absolute Gasteiger partial charge is 0.456 e. The van der Waals surface area contributed by atoms with Gasteiger partial charge in [-0.3, -0.25) is 0 Å². The van der Waals surface area contributed by atoms with Crippen molar-refractivity contribution in [3.63, 3.8) is 0 Å². The van der Waals surface area contributed by atoms with E-state index in [0.29, 0.717) is 0 Å². The zero-order valence-electron chi connectivity index (χ0n) is 28.9. The molecule has 0 bridgehead atoms. The second-order valence-electron chi connectivity index (χ2n) is 14.0. The van der Waals surface area contributed by atoms with Gasteiger partial charge in [-0.25, -0.2) is 0 Å². The van der Waals surface area contributed by atoms with Crippen LogP contribution in [0.3, 0.4) is 0 Å². The first-order valence-electron chi connectivity index (χ1n) is 18.3. The zero-order valence-corrected chi connectivity index (χ0v) is 28.9. The molecule has 53 heavy (non-hydrogen) atoms. The van der Waals surface area contributed by atoms with E-state index < -0.39 is 0 Å². The maximum absolute atomic E-state index is 6.15. The van der Waals surface area contributed by atoms with Crippen molar-refractivity contribution in [1.29, 1.82) is 0 Å². The maximum Gasteiger partial charge on any atom is 0.135 e. The molecular formula is C52H32O. The summed E-state index contributed by atoms with van der Waals surface area (Å²) in [5.74, 6) is 0. The minimum absolute atomic E-state index is 0.915. The van der Waals surface area contributed by atoms with Crippen LogP contribution in [0.1, 0.15) is 0 Å². The van der Waals surface area contributed by atoms with E-state index in [0.717, 1.165) is 21.9 Å². The summed E-state index contributed by atoms with van der Waals surface area (Å²) in [6.45, 7) is 0. The van der Waals surface area contributed by atoms with E-state index in [4.69, 9.17) is 4.42 Å². The predicted octanol–water partition coefficient (Wildman–Crippen LogP) is 14.9. The van der Waals surface area contributed by atoms with Crippen LogP contribution in [0.25, 0.3) is 110 Å².